The Balaban J connectivity index is 1.40. The third-order valence-electron chi connectivity index (χ3n) is 4.10. The van der Waals surface area contributed by atoms with Crippen LogP contribution in [0.1, 0.15) is 29.0 Å². The number of hydrogen-bond acceptors (Lipinski definition) is 6. The minimum absolute atomic E-state index is 0.125. The molecule has 0 aliphatic heterocycles. The molecular formula is C19H19N5OS. The summed E-state index contributed by atoms with van der Waals surface area (Å²) in [6.45, 7) is 2.02. The Morgan fingerprint density at radius 3 is 2.69 bits per heavy atom. The molecule has 2 N–H and O–H groups in total. The predicted molar refractivity (Wildman–Crippen MR) is 103 cm³/mol. The molecule has 1 aliphatic rings. The fraction of sp³-hybridized carbons (Fsp3) is 0.263. The van der Waals surface area contributed by atoms with E-state index in [1.54, 1.807) is 23.7 Å². The van der Waals surface area contributed by atoms with E-state index in [1.165, 1.54) is 0 Å². The van der Waals surface area contributed by atoms with Crippen LogP contribution in [-0.2, 0) is 11.2 Å². The van der Waals surface area contributed by atoms with Gasteiger partial charge in [-0.3, -0.25) is 9.78 Å². The largest absolute Gasteiger partial charge is 0.326 e. The van der Waals surface area contributed by atoms with Crippen molar-refractivity contribution in [1.29, 1.82) is 0 Å². The zero-order valence-electron chi connectivity index (χ0n) is 14.4. The predicted octanol–water partition coefficient (Wildman–Crippen LogP) is 3.92. The lowest BCUT2D eigenvalue weighted by atomic mass is 10.1. The van der Waals surface area contributed by atoms with Gasteiger partial charge in [-0.25, -0.2) is 9.97 Å². The summed E-state index contributed by atoms with van der Waals surface area (Å²) >= 11 is 1.58. The summed E-state index contributed by atoms with van der Waals surface area (Å²) in [5, 5.41) is 6.94. The summed E-state index contributed by atoms with van der Waals surface area (Å²) in [4.78, 5) is 26.1. The van der Waals surface area contributed by atoms with Crippen LogP contribution in [0.25, 0.3) is 0 Å². The van der Waals surface area contributed by atoms with Crippen LogP contribution >= 0.6 is 11.3 Å². The number of nitrogens with zero attached hydrogens (tertiary/aromatic N) is 3. The molecule has 2 aromatic heterocycles. The van der Waals surface area contributed by atoms with Gasteiger partial charge < -0.3 is 10.6 Å². The summed E-state index contributed by atoms with van der Waals surface area (Å²) in [6.07, 6.45) is 7.98. The normalized spacial score (nSPS) is 13.4. The summed E-state index contributed by atoms with van der Waals surface area (Å²) in [7, 11) is 0. The quantitative estimate of drug-likeness (QED) is 0.692. The summed E-state index contributed by atoms with van der Waals surface area (Å²) in [5.41, 5.74) is 2.83. The molecule has 0 atom stereocenters. The maximum atomic E-state index is 11.8. The van der Waals surface area contributed by atoms with E-state index in [0.717, 1.165) is 39.8 Å². The summed E-state index contributed by atoms with van der Waals surface area (Å²) < 4.78 is 0. The van der Waals surface area contributed by atoms with Crippen molar-refractivity contribution in [1.82, 2.24) is 15.0 Å². The fourth-order valence-corrected chi connectivity index (χ4v) is 3.25. The van der Waals surface area contributed by atoms with Gasteiger partial charge in [-0.2, -0.15) is 0 Å². The SMILES string of the molecule is Cc1cnc(Nc2cncc(Cc3ccc(NC(=O)C4CC4)cc3)n2)s1. The molecule has 1 amide bonds. The number of carbonyl (C=O) groups is 1. The Kier molecular flexibility index (Phi) is 4.62. The number of hydrogen-bond donors (Lipinski definition) is 2. The molecule has 4 rings (SSSR count). The minimum atomic E-state index is 0.125. The van der Waals surface area contributed by atoms with E-state index in [-0.39, 0.29) is 11.8 Å². The van der Waals surface area contributed by atoms with Crippen molar-refractivity contribution in [3.8, 4) is 0 Å². The molecule has 0 radical (unpaired) electrons. The lowest BCUT2D eigenvalue weighted by Crippen LogP contribution is -2.13. The molecule has 1 aliphatic carbocycles. The lowest BCUT2D eigenvalue weighted by molar-refractivity contribution is -0.117. The maximum absolute atomic E-state index is 11.8. The maximum Gasteiger partial charge on any atom is 0.227 e. The molecule has 1 fully saturated rings. The first-order valence-corrected chi connectivity index (χ1v) is 9.37. The van der Waals surface area contributed by atoms with Crippen molar-refractivity contribution in [2.24, 2.45) is 5.92 Å². The van der Waals surface area contributed by atoms with Gasteiger partial charge in [0.25, 0.3) is 0 Å². The van der Waals surface area contributed by atoms with Crippen LogP contribution in [0.3, 0.4) is 0 Å². The highest BCUT2D eigenvalue weighted by atomic mass is 32.1. The standard InChI is InChI=1S/C19H19N5OS/c1-12-9-21-19(26-12)24-17-11-20-10-16(22-17)8-13-2-6-15(7-3-13)23-18(25)14-4-5-14/h2-3,6-7,9-11,14H,4-5,8H2,1H3,(H,23,25)(H,21,22,24). The van der Waals surface area contributed by atoms with Crippen LogP contribution < -0.4 is 10.6 Å². The molecular weight excluding hydrogens is 346 g/mol. The number of thiazole rings is 1. The Morgan fingerprint density at radius 1 is 1.19 bits per heavy atom. The van der Waals surface area contributed by atoms with Gasteiger partial charge in [0.05, 0.1) is 11.9 Å². The second-order valence-corrected chi connectivity index (χ2v) is 7.67. The van der Waals surface area contributed by atoms with Crippen LogP contribution in [-0.4, -0.2) is 20.9 Å². The van der Waals surface area contributed by atoms with Crippen molar-refractivity contribution >= 4 is 33.9 Å². The van der Waals surface area contributed by atoms with Gasteiger partial charge in [-0.15, -0.1) is 11.3 Å². The third-order valence-corrected chi connectivity index (χ3v) is 4.92. The van der Waals surface area contributed by atoms with Gasteiger partial charge >= 0.3 is 0 Å². The molecule has 0 bridgehead atoms. The highest BCUT2D eigenvalue weighted by molar-refractivity contribution is 7.15. The van der Waals surface area contributed by atoms with E-state index in [4.69, 9.17) is 0 Å². The lowest BCUT2D eigenvalue weighted by Gasteiger charge is -2.07. The third kappa shape index (κ3) is 4.23. The smallest absolute Gasteiger partial charge is 0.227 e. The number of rotatable bonds is 6. The van der Waals surface area contributed by atoms with Crippen LogP contribution in [0.4, 0.5) is 16.6 Å². The van der Waals surface area contributed by atoms with Crippen molar-refractivity contribution in [3.05, 3.63) is 59.0 Å². The van der Waals surface area contributed by atoms with Gasteiger partial charge in [-0.1, -0.05) is 12.1 Å². The molecule has 3 aromatic rings. The van der Waals surface area contributed by atoms with E-state index in [0.29, 0.717) is 12.2 Å². The van der Waals surface area contributed by atoms with Gasteiger partial charge in [0, 0.05) is 35.3 Å². The first kappa shape index (κ1) is 16.7. The van der Waals surface area contributed by atoms with Crippen LogP contribution in [0.15, 0.2) is 42.9 Å². The fourth-order valence-electron chi connectivity index (χ4n) is 2.58. The van der Waals surface area contributed by atoms with Crippen molar-refractivity contribution in [3.63, 3.8) is 0 Å². The van der Waals surface area contributed by atoms with E-state index in [2.05, 4.69) is 25.6 Å². The summed E-state index contributed by atoms with van der Waals surface area (Å²) in [6, 6.07) is 7.88. The number of benzene rings is 1. The summed E-state index contributed by atoms with van der Waals surface area (Å²) in [5.74, 6) is 1.02. The Labute approximate surface area is 155 Å². The molecule has 1 saturated carbocycles. The Hall–Kier alpha value is -2.80. The Bertz CT molecular complexity index is 918. The number of amides is 1. The molecule has 0 spiro atoms. The number of aromatic nitrogens is 3. The molecule has 132 valence electrons. The van der Waals surface area contributed by atoms with Crippen molar-refractivity contribution in [2.45, 2.75) is 26.2 Å². The molecule has 2 heterocycles. The number of carbonyl (C=O) groups excluding carboxylic acids is 1. The molecule has 1 aromatic carbocycles. The van der Waals surface area contributed by atoms with Gasteiger partial charge in [0.15, 0.2) is 10.9 Å². The highest BCUT2D eigenvalue weighted by Gasteiger charge is 2.29. The zero-order valence-corrected chi connectivity index (χ0v) is 15.2. The van der Waals surface area contributed by atoms with Gasteiger partial charge in [0.1, 0.15) is 0 Å². The van der Waals surface area contributed by atoms with E-state index in [9.17, 15) is 4.79 Å². The van der Waals surface area contributed by atoms with Crippen LogP contribution in [0.5, 0.6) is 0 Å². The monoisotopic (exact) mass is 365 g/mol. The van der Waals surface area contributed by atoms with E-state index in [1.807, 2.05) is 37.4 Å². The molecule has 7 heteroatoms. The minimum Gasteiger partial charge on any atom is -0.326 e. The average molecular weight is 365 g/mol. The number of aryl methyl sites for hydroxylation is 1. The second-order valence-electron chi connectivity index (χ2n) is 6.43. The Morgan fingerprint density at radius 2 is 2.00 bits per heavy atom. The van der Waals surface area contributed by atoms with Crippen molar-refractivity contribution in [2.75, 3.05) is 10.6 Å². The molecule has 0 saturated heterocycles. The average Bonchev–Trinajstić information content (AvgIpc) is 3.40. The first-order valence-electron chi connectivity index (χ1n) is 8.56. The van der Waals surface area contributed by atoms with Gasteiger partial charge in [-0.05, 0) is 37.5 Å². The van der Waals surface area contributed by atoms with Crippen LogP contribution in [0, 0.1) is 12.8 Å². The van der Waals surface area contributed by atoms with Crippen molar-refractivity contribution < 1.29 is 4.79 Å². The molecule has 0 unspecified atom stereocenters. The first-order chi connectivity index (χ1) is 12.7. The topological polar surface area (TPSA) is 79.8 Å². The van der Waals surface area contributed by atoms with Crippen LogP contribution in [0.2, 0.25) is 0 Å². The van der Waals surface area contributed by atoms with E-state index < -0.39 is 0 Å². The zero-order chi connectivity index (χ0) is 17.9. The van der Waals surface area contributed by atoms with E-state index >= 15 is 0 Å². The molecule has 6 nitrogen and oxygen atoms in total. The number of nitrogens with one attached hydrogen (secondary N) is 2. The number of anilines is 3. The highest BCUT2D eigenvalue weighted by Crippen LogP contribution is 2.30. The molecule has 26 heavy (non-hydrogen) atoms. The second kappa shape index (κ2) is 7.21. The van der Waals surface area contributed by atoms with Gasteiger partial charge in [0.2, 0.25) is 5.91 Å².